The fourth-order valence-corrected chi connectivity index (χ4v) is 3.06. The molecule has 6 heteroatoms. The maximum atomic E-state index is 13.2. The summed E-state index contributed by atoms with van der Waals surface area (Å²) in [5, 5.41) is 0. The molecule has 0 unspecified atom stereocenters. The Morgan fingerprint density at radius 3 is 2.75 bits per heavy atom. The molecule has 1 saturated heterocycles. The largest absolute Gasteiger partial charge is 0.469 e. The lowest BCUT2D eigenvalue weighted by Crippen LogP contribution is -2.40. The number of rotatable bonds is 6. The van der Waals surface area contributed by atoms with Crippen LogP contribution < -0.4 is 0 Å². The van der Waals surface area contributed by atoms with Crippen molar-refractivity contribution < 1.29 is 23.1 Å². The van der Waals surface area contributed by atoms with Crippen LogP contribution in [0, 0.1) is 17.6 Å². The van der Waals surface area contributed by atoms with Crippen LogP contribution in [0.4, 0.5) is 8.78 Å². The number of ether oxygens (including phenoxy) is 1. The number of methoxy groups -OCH3 is 1. The second-order valence-corrected chi connectivity index (χ2v) is 6.21. The van der Waals surface area contributed by atoms with Crippen molar-refractivity contribution in [1.82, 2.24) is 4.90 Å². The summed E-state index contributed by atoms with van der Waals surface area (Å²) in [5.74, 6) is -1.73. The number of amides is 1. The first-order chi connectivity index (χ1) is 11.5. The number of hydrogen-bond acceptors (Lipinski definition) is 3. The predicted octanol–water partition coefficient (Wildman–Crippen LogP) is 3.09. The Morgan fingerprint density at radius 2 is 2.04 bits per heavy atom. The number of aryl methyl sites for hydroxylation is 1. The van der Waals surface area contributed by atoms with E-state index in [1.807, 2.05) is 0 Å². The molecule has 1 amide bonds. The lowest BCUT2D eigenvalue weighted by atomic mass is 9.91. The van der Waals surface area contributed by atoms with Crippen LogP contribution >= 0.6 is 0 Å². The molecule has 0 radical (unpaired) electrons. The van der Waals surface area contributed by atoms with Crippen molar-refractivity contribution >= 4 is 11.9 Å². The molecule has 0 bridgehead atoms. The first kappa shape index (κ1) is 18.4. The van der Waals surface area contributed by atoms with Crippen molar-refractivity contribution in [2.45, 2.75) is 38.5 Å². The van der Waals surface area contributed by atoms with Crippen LogP contribution in [-0.2, 0) is 20.7 Å². The van der Waals surface area contributed by atoms with Gasteiger partial charge in [-0.3, -0.25) is 9.59 Å². The minimum atomic E-state index is -0.834. The molecule has 4 nitrogen and oxygen atoms in total. The lowest BCUT2D eigenvalue weighted by Gasteiger charge is -2.33. The molecule has 0 saturated carbocycles. The Kier molecular flexibility index (Phi) is 6.70. The molecule has 0 N–H and O–H groups in total. The van der Waals surface area contributed by atoms with E-state index >= 15 is 0 Å². The highest BCUT2D eigenvalue weighted by molar-refractivity contribution is 5.81. The van der Waals surface area contributed by atoms with Gasteiger partial charge in [0.05, 0.1) is 13.5 Å². The number of piperidine rings is 1. The maximum Gasteiger partial charge on any atom is 0.306 e. The molecule has 0 aromatic heterocycles. The maximum absolute atomic E-state index is 13.2. The van der Waals surface area contributed by atoms with Crippen LogP contribution in [0.3, 0.4) is 0 Å². The van der Waals surface area contributed by atoms with Gasteiger partial charge in [0.2, 0.25) is 5.91 Å². The molecule has 132 valence electrons. The van der Waals surface area contributed by atoms with Crippen LogP contribution in [0.15, 0.2) is 18.2 Å². The van der Waals surface area contributed by atoms with Gasteiger partial charge in [0.1, 0.15) is 0 Å². The fraction of sp³-hybridized carbons (Fsp3) is 0.556. The summed E-state index contributed by atoms with van der Waals surface area (Å²) in [6.45, 7) is 1.37. The highest BCUT2D eigenvalue weighted by atomic mass is 19.2. The van der Waals surface area contributed by atoms with Crippen molar-refractivity contribution in [3.05, 3.63) is 35.4 Å². The molecule has 1 aliphatic rings. The van der Waals surface area contributed by atoms with Gasteiger partial charge in [-0.15, -0.1) is 0 Å². The Hall–Kier alpha value is -1.98. The van der Waals surface area contributed by atoms with Gasteiger partial charge >= 0.3 is 5.97 Å². The standard InChI is InChI=1S/C18H23F2NO3/c1-24-18(23)9-8-17(22)21-10-2-3-14(12-21)5-4-13-6-7-15(19)16(20)11-13/h6-7,11,14H,2-5,8-10,12H2,1H3/t14-/m0/s1. The van der Waals surface area contributed by atoms with E-state index in [1.165, 1.54) is 13.2 Å². The Morgan fingerprint density at radius 1 is 1.25 bits per heavy atom. The van der Waals surface area contributed by atoms with Crippen LogP contribution in [-0.4, -0.2) is 37.0 Å². The molecule has 2 rings (SSSR count). The zero-order valence-corrected chi connectivity index (χ0v) is 13.9. The Bertz CT molecular complexity index is 592. The SMILES string of the molecule is COC(=O)CCC(=O)N1CCC[C@@H](CCc2ccc(F)c(F)c2)C1. The minimum Gasteiger partial charge on any atom is -0.469 e. The van der Waals surface area contributed by atoms with E-state index in [0.29, 0.717) is 25.4 Å². The average Bonchev–Trinajstić information content (AvgIpc) is 2.60. The van der Waals surface area contributed by atoms with E-state index in [9.17, 15) is 18.4 Å². The van der Waals surface area contributed by atoms with E-state index in [-0.39, 0.29) is 24.7 Å². The molecule has 24 heavy (non-hydrogen) atoms. The first-order valence-electron chi connectivity index (χ1n) is 8.28. The first-order valence-corrected chi connectivity index (χ1v) is 8.28. The molecule has 1 fully saturated rings. The van der Waals surface area contributed by atoms with Crippen LogP contribution in [0.25, 0.3) is 0 Å². The van der Waals surface area contributed by atoms with E-state index in [0.717, 1.165) is 30.9 Å². The minimum absolute atomic E-state index is 0.0297. The van der Waals surface area contributed by atoms with Gasteiger partial charge < -0.3 is 9.64 Å². The van der Waals surface area contributed by atoms with Crippen molar-refractivity contribution in [2.75, 3.05) is 20.2 Å². The third-order valence-electron chi connectivity index (χ3n) is 4.47. The highest BCUT2D eigenvalue weighted by Gasteiger charge is 2.23. The lowest BCUT2D eigenvalue weighted by molar-refractivity contribution is -0.144. The van der Waals surface area contributed by atoms with Crippen LogP contribution in [0.2, 0.25) is 0 Å². The van der Waals surface area contributed by atoms with Gasteiger partial charge in [-0.05, 0) is 49.3 Å². The van der Waals surface area contributed by atoms with Crippen LogP contribution in [0.5, 0.6) is 0 Å². The van der Waals surface area contributed by atoms with Gasteiger partial charge in [-0.2, -0.15) is 0 Å². The van der Waals surface area contributed by atoms with Crippen molar-refractivity contribution in [2.24, 2.45) is 5.92 Å². The summed E-state index contributed by atoms with van der Waals surface area (Å²) in [7, 11) is 1.31. The molecule has 0 aliphatic carbocycles. The third kappa shape index (κ3) is 5.28. The van der Waals surface area contributed by atoms with E-state index in [1.54, 1.807) is 11.0 Å². The number of nitrogens with zero attached hydrogens (tertiary/aromatic N) is 1. The summed E-state index contributed by atoms with van der Waals surface area (Å²) in [6, 6.07) is 3.98. The second-order valence-electron chi connectivity index (χ2n) is 6.21. The summed E-state index contributed by atoms with van der Waals surface area (Å²) in [4.78, 5) is 25.1. The molecular weight excluding hydrogens is 316 g/mol. The number of carbonyl (C=O) groups excluding carboxylic acids is 2. The van der Waals surface area contributed by atoms with E-state index < -0.39 is 11.6 Å². The van der Waals surface area contributed by atoms with Crippen LogP contribution in [0.1, 0.15) is 37.7 Å². The second kappa shape index (κ2) is 8.76. The Balaban J connectivity index is 1.80. The van der Waals surface area contributed by atoms with Crippen molar-refractivity contribution in [3.8, 4) is 0 Å². The van der Waals surface area contributed by atoms with Gasteiger partial charge in [-0.25, -0.2) is 8.78 Å². The zero-order valence-electron chi connectivity index (χ0n) is 13.9. The topological polar surface area (TPSA) is 46.6 Å². The van der Waals surface area contributed by atoms with Crippen molar-refractivity contribution in [3.63, 3.8) is 0 Å². The van der Waals surface area contributed by atoms with Gasteiger partial charge in [0.15, 0.2) is 11.6 Å². The number of likely N-dealkylation sites (tertiary alicyclic amines) is 1. The number of halogens is 2. The molecular formula is C18H23F2NO3. The number of benzene rings is 1. The van der Waals surface area contributed by atoms with E-state index in [4.69, 9.17) is 0 Å². The van der Waals surface area contributed by atoms with Gasteiger partial charge in [0.25, 0.3) is 0 Å². The van der Waals surface area contributed by atoms with Gasteiger partial charge in [-0.1, -0.05) is 6.07 Å². The highest BCUT2D eigenvalue weighted by Crippen LogP contribution is 2.23. The summed E-state index contributed by atoms with van der Waals surface area (Å²) < 4.78 is 30.7. The zero-order chi connectivity index (χ0) is 17.5. The molecule has 1 aliphatic heterocycles. The third-order valence-corrected chi connectivity index (χ3v) is 4.47. The molecule has 1 heterocycles. The number of esters is 1. The monoisotopic (exact) mass is 339 g/mol. The molecule has 0 spiro atoms. The fourth-order valence-electron chi connectivity index (χ4n) is 3.06. The summed E-state index contributed by atoms with van der Waals surface area (Å²) in [6.07, 6.45) is 3.70. The van der Waals surface area contributed by atoms with Crippen molar-refractivity contribution in [1.29, 1.82) is 0 Å². The number of hydrogen-bond donors (Lipinski definition) is 0. The smallest absolute Gasteiger partial charge is 0.306 e. The summed E-state index contributed by atoms with van der Waals surface area (Å²) in [5.41, 5.74) is 0.767. The predicted molar refractivity (Wildman–Crippen MR) is 85.2 cm³/mol. The Labute approximate surface area is 140 Å². The van der Waals surface area contributed by atoms with Gasteiger partial charge in [0, 0.05) is 19.5 Å². The normalized spacial score (nSPS) is 17.6. The molecule has 1 atom stereocenters. The summed E-state index contributed by atoms with van der Waals surface area (Å²) >= 11 is 0. The quantitative estimate of drug-likeness (QED) is 0.748. The number of carbonyl (C=O) groups is 2. The van der Waals surface area contributed by atoms with E-state index in [2.05, 4.69) is 4.74 Å². The average molecular weight is 339 g/mol. The molecule has 1 aromatic carbocycles. The molecule has 1 aromatic rings.